The van der Waals surface area contributed by atoms with Crippen LogP contribution in [0.3, 0.4) is 0 Å². The number of anilines is 2. The van der Waals surface area contributed by atoms with Crippen molar-refractivity contribution in [1.29, 1.82) is 0 Å². The summed E-state index contributed by atoms with van der Waals surface area (Å²) in [6.45, 7) is 10.5. The van der Waals surface area contributed by atoms with Crippen LogP contribution in [-0.2, 0) is 76.7 Å². The first-order chi connectivity index (χ1) is 27.0. The number of aryl methyl sites for hydroxylation is 3. The van der Waals surface area contributed by atoms with Gasteiger partial charge < -0.3 is 10.6 Å². The molecule has 4 heterocycles. The number of nitrogens with one attached hydrogen (secondary N) is 2. The summed E-state index contributed by atoms with van der Waals surface area (Å²) in [5.74, 6) is -1.55. The topological polar surface area (TPSA) is 213 Å². The second-order valence-electron chi connectivity index (χ2n) is 16.5. The van der Waals surface area contributed by atoms with Crippen LogP contribution in [0.5, 0.6) is 0 Å². The van der Waals surface area contributed by atoms with Gasteiger partial charge in [-0.05, 0) is 107 Å². The zero-order valence-electron chi connectivity index (χ0n) is 32.7. The van der Waals surface area contributed by atoms with Crippen molar-refractivity contribution in [3.05, 3.63) is 69.1 Å². The molecule has 0 radical (unpaired) electrons. The van der Waals surface area contributed by atoms with E-state index in [1.807, 2.05) is 13.8 Å². The van der Waals surface area contributed by atoms with Gasteiger partial charge in [-0.15, -0.1) is 8.73 Å². The van der Waals surface area contributed by atoms with Gasteiger partial charge in [0, 0.05) is 39.6 Å². The fraction of sp³-hybridized carbons (Fsp3) is 0.526. The van der Waals surface area contributed by atoms with Gasteiger partial charge in [0.1, 0.15) is 0 Å². The van der Waals surface area contributed by atoms with Crippen molar-refractivity contribution in [3.8, 4) is 0 Å². The highest BCUT2D eigenvalue weighted by Crippen LogP contribution is 2.48. The van der Waals surface area contributed by atoms with Crippen molar-refractivity contribution >= 4 is 44.2 Å². The van der Waals surface area contributed by atoms with Gasteiger partial charge in [-0.3, -0.25) is 24.5 Å². The smallest absolute Gasteiger partial charge is 0.305 e. The lowest BCUT2D eigenvalue weighted by Crippen LogP contribution is -2.26. The Morgan fingerprint density at radius 2 is 1.51 bits per heavy atom. The SMILES string of the molecule is CCn1cc(F)c(/S(N)=N/C(=O)Nc2c3c(nc4c2CCC4(C)CC(C)n2cc(F)c(S(N)(=O)=NC(=O)Nc4c5c(nc6c4CCC6(C)C)CCC5)n2)CCC3)n1. The molecule has 0 saturated heterocycles. The number of hydrogen-bond acceptors (Lipinski definition) is 7. The summed E-state index contributed by atoms with van der Waals surface area (Å²) in [5, 5.41) is 25.8. The van der Waals surface area contributed by atoms with Gasteiger partial charge in [-0.2, -0.15) is 10.2 Å². The number of carbonyl (C=O) groups excluding carboxylic acids is 2. The molecule has 4 aliphatic carbocycles. The lowest BCUT2D eigenvalue weighted by molar-refractivity contribution is 0.259. The van der Waals surface area contributed by atoms with Crippen LogP contribution in [-0.4, -0.2) is 45.8 Å². The molecular weight excluding hydrogens is 775 g/mol. The van der Waals surface area contributed by atoms with Crippen molar-refractivity contribution in [1.82, 2.24) is 29.5 Å². The van der Waals surface area contributed by atoms with Crippen LogP contribution in [0.4, 0.5) is 29.7 Å². The Morgan fingerprint density at radius 1 is 0.895 bits per heavy atom. The highest BCUT2D eigenvalue weighted by molar-refractivity contribution is 7.91. The summed E-state index contributed by atoms with van der Waals surface area (Å²) in [6, 6.07) is -2.04. The molecule has 4 unspecified atom stereocenters. The quantitative estimate of drug-likeness (QED) is 0.155. The van der Waals surface area contributed by atoms with Gasteiger partial charge in [0.05, 0.1) is 41.2 Å². The highest BCUT2D eigenvalue weighted by atomic mass is 32.2. The van der Waals surface area contributed by atoms with Crippen LogP contribution in [0.2, 0.25) is 0 Å². The van der Waals surface area contributed by atoms with E-state index in [0.717, 1.165) is 103 Å². The standard InChI is InChI=1S/C38H48F2N12O3S2/c1-6-51-18-25(39)33(47-51)56(41)49-35(53)45-30-22-10-8-12-28(22)44-32-24(30)14-16-38(32,5)17-20(2)52-19-26(40)34(48-52)57(42,55)50-36(54)46-29-21-9-7-11-27(21)43-31-23(29)13-15-37(31,3)4/h18-20H,6-17H2,1-5H3,(H3,41,44,45,49,53)(H3,42,43,46,50,54,55). The number of aromatic nitrogens is 6. The number of nitrogens with two attached hydrogens (primary N) is 2. The van der Waals surface area contributed by atoms with Crippen molar-refractivity contribution in [3.63, 3.8) is 0 Å². The lowest BCUT2D eigenvalue weighted by Gasteiger charge is -2.29. The van der Waals surface area contributed by atoms with Gasteiger partial charge in [-0.25, -0.2) is 27.7 Å². The maximum atomic E-state index is 15.6. The number of carbonyl (C=O) groups is 2. The molecule has 6 N–H and O–H groups in total. The molecule has 4 atom stereocenters. The van der Waals surface area contributed by atoms with Crippen LogP contribution >= 0.6 is 0 Å². The number of nitrogens with zero attached hydrogens (tertiary/aromatic N) is 8. The number of amides is 4. The molecule has 4 aromatic rings. The van der Waals surface area contributed by atoms with Crippen LogP contribution in [0.25, 0.3) is 0 Å². The minimum atomic E-state index is -4.07. The maximum absolute atomic E-state index is 15.6. The molecule has 4 aromatic heterocycles. The average molecular weight is 823 g/mol. The largest absolute Gasteiger partial charge is 0.354 e. The van der Waals surface area contributed by atoms with Crippen molar-refractivity contribution in [2.45, 2.75) is 139 Å². The molecule has 0 saturated carbocycles. The number of halogens is 2. The Kier molecular flexibility index (Phi) is 9.96. The molecule has 8 rings (SSSR count). The van der Waals surface area contributed by atoms with E-state index >= 15 is 4.39 Å². The molecule has 4 amide bonds. The molecule has 0 aliphatic heterocycles. The summed E-state index contributed by atoms with van der Waals surface area (Å²) < 4.78 is 54.4. The van der Waals surface area contributed by atoms with E-state index in [9.17, 15) is 18.2 Å². The van der Waals surface area contributed by atoms with Gasteiger partial charge in [-0.1, -0.05) is 20.8 Å². The van der Waals surface area contributed by atoms with E-state index in [1.165, 1.54) is 15.6 Å². The number of pyridine rings is 2. The molecule has 0 bridgehead atoms. The summed E-state index contributed by atoms with van der Waals surface area (Å²) in [6.07, 6.45) is 10.6. The lowest BCUT2D eigenvalue weighted by atomic mass is 9.81. The molecule has 304 valence electrons. The summed E-state index contributed by atoms with van der Waals surface area (Å²) >= 11 is 0. The summed E-state index contributed by atoms with van der Waals surface area (Å²) in [4.78, 5) is 36.7. The third-order valence-corrected chi connectivity index (χ3v) is 14.3. The number of hydrogen-bond donors (Lipinski definition) is 4. The first-order valence-electron chi connectivity index (χ1n) is 19.4. The normalized spacial score (nSPS) is 21.1. The third kappa shape index (κ3) is 7.09. The molecule has 4 aliphatic rings. The Bertz CT molecular complexity index is 2520. The van der Waals surface area contributed by atoms with Gasteiger partial charge in [0.25, 0.3) is 0 Å². The predicted octanol–water partition coefficient (Wildman–Crippen LogP) is 6.42. The van der Waals surface area contributed by atoms with E-state index in [1.54, 1.807) is 0 Å². The van der Waals surface area contributed by atoms with Crippen molar-refractivity contribution in [2.75, 3.05) is 10.6 Å². The van der Waals surface area contributed by atoms with Gasteiger partial charge in [0.15, 0.2) is 26.6 Å². The van der Waals surface area contributed by atoms with Crippen molar-refractivity contribution < 1.29 is 22.6 Å². The fourth-order valence-corrected chi connectivity index (χ4v) is 10.8. The van der Waals surface area contributed by atoms with E-state index in [-0.39, 0.29) is 10.4 Å². The molecular formula is C38H48F2N12O3S2. The Hall–Kier alpha value is -4.46. The van der Waals surface area contributed by atoms with E-state index in [4.69, 9.17) is 20.2 Å². The predicted molar refractivity (Wildman–Crippen MR) is 212 cm³/mol. The molecule has 57 heavy (non-hydrogen) atoms. The third-order valence-electron chi connectivity index (χ3n) is 12.0. The van der Waals surface area contributed by atoms with Crippen LogP contribution < -0.4 is 20.9 Å². The second-order valence-corrected chi connectivity index (χ2v) is 19.4. The zero-order chi connectivity index (χ0) is 40.6. The Labute approximate surface area is 332 Å². The van der Waals surface area contributed by atoms with Crippen molar-refractivity contribution in [2.24, 2.45) is 19.0 Å². The van der Waals surface area contributed by atoms with E-state index in [2.05, 4.69) is 50.3 Å². The van der Waals surface area contributed by atoms with Gasteiger partial charge >= 0.3 is 12.1 Å². The Morgan fingerprint density at radius 3 is 2.16 bits per heavy atom. The summed E-state index contributed by atoms with van der Waals surface area (Å²) in [7, 11) is -5.68. The molecule has 0 fully saturated rings. The van der Waals surface area contributed by atoms with E-state index < -0.39 is 61.0 Å². The first-order valence-corrected chi connectivity index (χ1v) is 22.3. The summed E-state index contributed by atoms with van der Waals surface area (Å²) in [5.41, 5.74) is 8.07. The number of fused-ring (bicyclic) bond motifs is 4. The molecule has 0 spiro atoms. The fourth-order valence-electron chi connectivity index (χ4n) is 9.13. The molecule has 19 heteroatoms. The monoisotopic (exact) mass is 822 g/mol. The Balaban J connectivity index is 1.02. The maximum Gasteiger partial charge on any atom is 0.354 e. The first kappa shape index (κ1) is 39.4. The molecule has 15 nitrogen and oxygen atoms in total. The van der Waals surface area contributed by atoms with Crippen LogP contribution in [0.15, 0.2) is 31.2 Å². The minimum absolute atomic E-state index is 0.0840. The van der Waals surface area contributed by atoms with Crippen LogP contribution in [0, 0.1) is 11.6 Å². The zero-order valence-corrected chi connectivity index (χ0v) is 34.4. The van der Waals surface area contributed by atoms with Gasteiger partial charge in [0.2, 0.25) is 5.03 Å². The second kappa shape index (κ2) is 14.4. The number of urea groups is 2. The molecule has 0 aromatic carbocycles. The minimum Gasteiger partial charge on any atom is -0.305 e. The van der Waals surface area contributed by atoms with Crippen LogP contribution in [0.1, 0.15) is 118 Å². The highest BCUT2D eigenvalue weighted by Gasteiger charge is 2.42. The number of rotatable bonds is 8. The van der Waals surface area contributed by atoms with E-state index in [0.29, 0.717) is 37.2 Å². The average Bonchev–Trinajstić information content (AvgIpc) is 3.99.